The van der Waals surface area contributed by atoms with E-state index in [1.54, 1.807) is 11.9 Å². The summed E-state index contributed by atoms with van der Waals surface area (Å²) in [4.78, 5) is 31.5. The highest BCUT2D eigenvalue weighted by molar-refractivity contribution is 7.80. The lowest BCUT2D eigenvalue weighted by molar-refractivity contribution is -0.130. The quantitative estimate of drug-likeness (QED) is 0.383. The monoisotopic (exact) mass is 488 g/mol. The molecule has 35 heavy (non-hydrogen) atoms. The van der Waals surface area contributed by atoms with E-state index in [9.17, 15) is 9.59 Å². The van der Waals surface area contributed by atoms with Gasteiger partial charge in [0.25, 0.3) is 5.91 Å². The second-order valence-corrected chi connectivity index (χ2v) is 9.12. The molecular weight excluding hydrogens is 460 g/mol. The summed E-state index contributed by atoms with van der Waals surface area (Å²) in [7, 11) is 1.80. The molecule has 0 saturated carbocycles. The number of carbonyl (C=O) groups excluding carboxylic acids is 2. The number of rotatable bonds is 6. The fourth-order valence-corrected chi connectivity index (χ4v) is 5.01. The van der Waals surface area contributed by atoms with E-state index in [1.165, 1.54) is 4.90 Å². The topological polar surface area (TPSA) is 58.0 Å². The molecule has 0 unspecified atom stereocenters. The lowest BCUT2D eigenvalue weighted by Gasteiger charge is -2.16. The minimum Gasteiger partial charge on any atom is -0.494 e. The average molecular weight is 489 g/mol. The van der Waals surface area contributed by atoms with Gasteiger partial charge in [0.2, 0.25) is 5.91 Å². The van der Waals surface area contributed by atoms with Crippen LogP contribution in [0.3, 0.4) is 0 Å². The molecule has 2 fully saturated rings. The fourth-order valence-electron chi connectivity index (χ4n) is 4.72. The Balaban J connectivity index is 1.47. The van der Waals surface area contributed by atoms with E-state index in [0.717, 1.165) is 48.1 Å². The van der Waals surface area contributed by atoms with Crippen LogP contribution < -0.4 is 9.64 Å². The van der Waals surface area contributed by atoms with Crippen LogP contribution in [-0.2, 0) is 16.1 Å². The fraction of sp³-hybridized carbons (Fsp3) is 0.296. The Labute approximate surface area is 210 Å². The Bertz CT molecular complexity index is 1320. The van der Waals surface area contributed by atoms with E-state index in [4.69, 9.17) is 17.0 Å². The molecule has 0 atom stereocenters. The molecule has 180 valence electrons. The number of likely N-dealkylation sites (N-methyl/N-ethyl adjacent to an activating group) is 1. The van der Waals surface area contributed by atoms with Crippen LogP contribution in [0, 0.1) is 0 Å². The van der Waals surface area contributed by atoms with Crippen molar-refractivity contribution in [1.82, 2.24) is 14.4 Å². The van der Waals surface area contributed by atoms with Gasteiger partial charge in [0.05, 0.1) is 12.3 Å². The van der Waals surface area contributed by atoms with Gasteiger partial charge in [0.15, 0.2) is 5.11 Å². The van der Waals surface area contributed by atoms with Crippen molar-refractivity contribution in [3.8, 4) is 5.75 Å². The Morgan fingerprint density at radius 1 is 1.09 bits per heavy atom. The van der Waals surface area contributed by atoms with Crippen molar-refractivity contribution in [1.29, 1.82) is 0 Å². The number of likely N-dealkylation sites (tertiary alicyclic amines) is 1. The van der Waals surface area contributed by atoms with E-state index < -0.39 is 0 Å². The number of ether oxygens (including phenoxy) is 1. The van der Waals surface area contributed by atoms with Crippen molar-refractivity contribution in [2.45, 2.75) is 26.3 Å². The van der Waals surface area contributed by atoms with Gasteiger partial charge in [-0.2, -0.15) is 0 Å². The van der Waals surface area contributed by atoms with Gasteiger partial charge in [-0.3, -0.25) is 14.5 Å². The van der Waals surface area contributed by atoms with Crippen molar-refractivity contribution in [3.05, 3.63) is 66.0 Å². The number of aromatic nitrogens is 1. The molecule has 2 amide bonds. The first-order valence-corrected chi connectivity index (χ1v) is 12.3. The van der Waals surface area contributed by atoms with Crippen molar-refractivity contribution < 1.29 is 14.3 Å². The number of para-hydroxylation sites is 1. The summed E-state index contributed by atoms with van der Waals surface area (Å²) in [5, 5.41) is 1.40. The van der Waals surface area contributed by atoms with Crippen LogP contribution in [0.1, 0.15) is 25.3 Å². The number of fused-ring (bicyclic) bond motifs is 1. The average Bonchev–Trinajstić information content (AvgIpc) is 3.57. The van der Waals surface area contributed by atoms with Crippen LogP contribution in [0.25, 0.3) is 17.0 Å². The van der Waals surface area contributed by atoms with Gasteiger partial charge in [0, 0.05) is 42.8 Å². The Hall–Kier alpha value is -3.65. The van der Waals surface area contributed by atoms with Crippen molar-refractivity contribution in [2.75, 3.05) is 31.6 Å². The smallest absolute Gasteiger partial charge is 0.281 e. The Kier molecular flexibility index (Phi) is 6.30. The van der Waals surface area contributed by atoms with E-state index in [-0.39, 0.29) is 18.4 Å². The molecule has 0 aliphatic carbocycles. The lowest BCUT2D eigenvalue weighted by Crippen LogP contribution is -2.31. The zero-order valence-corrected chi connectivity index (χ0v) is 20.8. The van der Waals surface area contributed by atoms with Crippen LogP contribution in [0.2, 0.25) is 0 Å². The summed E-state index contributed by atoms with van der Waals surface area (Å²) in [6.07, 6.45) is 5.95. The number of benzene rings is 2. The summed E-state index contributed by atoms with van der Waals surface area (Å²) in [6, 6.07) is 15.3. The zero-order valence-electron chi connectivity index (χ0n) is 19.9. The van der Waals surface area contributed by atoms with Gasteiger partial charge < -0.3 is 19.1 Å². The Morgan fingerprint density at radius 3 is 2.51 bits per heavy atom. The molecule has 2 saturated heterocycles. The van der Waals surface area contributed by atoms with Crippen molar-refractivity contribution in [2.24, 2.45) is 0 Å². The molecule has 7 nitrogen and oxygen atoms in total. The summed E-state index contributed by atoms with van der Waals surface area (Å²) in [5.41, 5.74) is 3.02. The van der Waals surface area contributed by atoms with Crippen LogP contribution >= 0.6 is 12.2 Å². The molecule has 2 aromatic carbocycles. The number of hydrogen-bond acceptors (Lipinski definition) is 4. The number of nitrogens with zero attached hydrogens (tertiary/aromatic N) is 4. The van der Waals surface area contributed by atoms with Crippen LogP contribution in [0.15, 0.2) is 60.4 Å². The van der Waals surface area contributed by atoms with Crippen molar-refractivity contribution >= 4 is 51.8 Å². The van der Waals surface area contributed by atoms with Crippen LogP contribution in [-0.4, -0.2) is 58.0 Å². The zero-order chi connectivity index (χ0) is 24.5. The second kappa shape index (κ2) is 9.54. The lowest BCUT2D eigenvalue weighted by atomic mass is 10.1. The molecule has 3 aromatic rings. The molecule has 0 N–H and O–H groups in total. The Morgan fingerprint density at radius 2 is 1.80 bits per heavy atom. The molecule has 8 heteroatoms. The third-order valence-corrected chi connectivity index (χ3v) is 7.00. The SMILES string of the molecule is CCOc1ccc(N2C(=O)/C(=C/c3cn(CC(=O)N4CCCC4)c4ccccc34)N(C)C2=S)cc1. The summed E-state index contributed by atoms with van der Waals surface area (Å²) in [6.45, 7) is 4.44. The molecule has 1 aromatic heterocycles. The first-order chi connectivity index (χ1) is 17.0. The molecule has 5 rings (SSSR count). The van der Waals surface area contributed by atoms with E-state index in [1.807, 2.05) is 77.2 Å². The minimum absolute atomic E-state index is 0.124. The highest BCUT2D eigenvalue weighted by Crippen LogP contribution is 2.31. The summed E-state index contributed by atoms with van der Waals surface area (Å²) >= 11 is 5.62. The first kappa shape index (κ1) is 23.1. The maximum Gasteiger partial charge on any atom is 0.281 e. The van der Waals surface area contributed by atoms with E-state index in [0.29, 0.717) is 23.1 Å². The number of amides is 2. The predicted octanol–water partition coefficient (Wildman–Crippen LogP) is 4.27. The van der Waals surface area contributed by atoms with Crippen molar-refractivity contribution in [3.63, 3.8) is 0 Å². The van der Waals surface area contributed by atoms with Gasteiger partial charge in [-0.1, -0.05) is 18.2 Å². The maximum atomic E-state index is 13.5. The van der Waals surface area contributed by atoms with Gasteiger partial charge in [0.1, 0.15) is 18.0 Å². The predicted molar refractivity (Wildman–Crippen MR) is 141 cm³/mol. The first-order valence-electron chi connectivity index (χ1n) is 11.9. The molecule has 2 aliphatic rings. The van der Waals surface area contributed by atoms with Crippen LogP contribution in [0.5, 0.6) is 5.75 Å². The molecular formula is C27H28N4O3S. The molecule has 0 radical (unpaired) electrons. The summed E-state index contributed by atoms with van der Waals surface area (Å²) in [5.74, 6) is 0.681. The van der Waals surface area contributed by atoms with Gasteiger partial charge in [-0.15, -0.1) is 0 Å². The molecule has 0 spiro atoms. The molecule has 0 bridgehead atoms. The number of thiocarbonyl (C=S) groups is 1. The van der Waals surface area contributed by atoms with E-state index >= 15 is 0 Å². The van der Waals surface area contributed by atoms with Gasteiger partial charge in [-0.25, -0.2) is 0 Å². The summed E-state index contributed by atoms with van der Waals surface area (Å²) < 4.78 is 7.49. The third kappa shape index (κ3) is 4.30. The van der Waals surface area contributed by atoms with Gasteiger partial charge in [-0.05, 0) is 68.4 Å². The largest absolute Gasteiger partial charge is 0.494 e. The standard InChI is InChI=1S/C27H28N4O3S/c1-3-34-21-12-10-20(11-13-21)31-26(33)24(28(2)27(31)35)16-19-17-30(23-9-5-4-8-22(19)23)18-25(32)29-14-6-7-15-29/h4-5,8-13,16-17H,3,6-7,14-15,18H2,1-2H3/b24-16-. The van der Waals surface area contributed by atoms with Gasteiger partial charge >= 0.3 is 0 Å². The van der Waals surface area contributed by atoms with Crippen LogP contribution in [0.4, 0.5) is 5.69 Å². The highest BCUT2D eigenvalue weighted by atomic mass is 32.1. The second-order valence-electron chi connectivity index (χ2n) is 8.76. The molecule has 2 aliphatic heterocycles. The maximum absolute atomic E-state index is 13.5. The third-order valence-electron chi connectivity index (χ3n) is 6.54. The minimum atomic E-state index is -0.188. The normalized spacial score (nSPS) is 17.3. The number of anilines is 1. The number of carbonyl (C=O) groups is 2. The highest BCUT2D eigenvalue weighted by Gasteiger charge is 2.37. The van der Waals surface area contributed by atoms with E-state index in [2.05, 4.69) is 0 Å². The number of hydrogen-bond donors (Lipinski definition) is 0. The molecule has 3 heterocycles.